The highest BCUT2D eigenvalue weighted by Crippen LogP contribution is 2.21. The summed E-state index contributed by atoms with van der Waals surface area (Å²) in [5.74, 6) is 0.899. The van der Waals surface area contributed by atoms with Crippen molar-refractivity contribution in [2.45, 2.75) is 17.9 Å². The third-order valence-corrected chi connectivity index (χ3v) is 5.47. The molecule has 3 N–H and O–H groups in total. The maximum absolute atomic E-state index is 12.8. The summed E-state index contributed by atoms with van der Waals surface area (Å²) < 4.78 is 34.1. The van der Waals surface area contributed by atoms with Gasteiger partial charge in [-0.25, -0.2) is 13.6 Å². The van der Waals surface area contributed by atoms with Crippen LogP contribution in [0.4, 0.5) is 0 Å². The van der Waals surface area contributed by atoms with Crippen molar-refractivity contribution in [1.82, 2.24) is 5.32 Å². The number of primary sulfonamides is 1. The van der Waals surface area contributed by atoms with Crippen LogP contribution in [0.1, 0.15) is 28.9 Å². The Morgan fingerprint density at radius 2 is 1.52 bits per heavy atom. The molecule has 0 unspecified atom stereocenters. The van der Waals surface area contributed by atoms with Gasteiger partial charge in [0.15, 0.2) is 0 Å². The van der Waals surface area contributed by atoms with Gasteiger partial charge in [-0.1, -0.05) is 42.5 Å². The Balaban J connectivity index is 1.60. The van der Waals surface area contributed by atoms with E-state index in [1.165, 1.54) is 12.1 Å². The van der Waals surface area contributed by atoms with E-state index in [4.69, 9.17) is 14.6 Å². The van der Waals surface area contributed by atoms with Crippen molar-refractivity contribution in [2.24, 2.45) is 5.14 Å². The van der Waals surface area contributed by atoms with Crippen LogP contribution in [0, 0.1) is 0 Å². The molecular weight excluding hydrogens is 416 g/mol. The van der Waals surface area contributed by atoms with Gasteiger partial charge in [-0.2, -0.15) is 0 Å². The van der Waals surface area contributed by atoms with E-state index in [1.54, 1.807) is 43.3 Å². The molecule has 3 aromatic rings. The Hall–Kier alpha value is -3.36. The van der Waals surface area contributed by atoms with Crippen molar-refractivity contribution < 1.29 is 22.7 Å². The van der Waals surface area contributed by atoms with E-state index in [1.807, 2.05) is 30.3 Å². The molecule has 0 saturated carbocycles. The van der Waals surface area contributed by atoms with Crippen LogP contribution in [0.25, 0.3) is 0 Å². The minimum atomic E-state index is -3.76. The summed E-state index contributed by atoms with van der Waals surface area (Å²) in [5.41, 5.74) is 1.14. The van der Waals surface area contributed by atoms with Crippen molar-refractivity contribution in [3.8, 4) is 11.5 Å². The Morgan fingerprint density at radius 1 is 0.903 bits per heavy atom. The number of para-hydroxylation sites is 2. The number of carbonyl (C=O) groups is 1. The summed E-state index contributed by atoms with van der Waals surface area (Å²) in [6.07, 6.45) is 0. The van der Waals surface area contributed by atoms with Gasteiger partial charge in [0.1, 0.15) is 24.7 Å². The van der Waals surface area contributed by atoms with Crippen molar-refractivity contribution in [3.05, 3.63) is 90.0 Å². The minimum Gasteiger partial charge on any atom is -0.490 e. The highest BCUT2D eigenvalue weighted by molar-refractivity contribution is 7.89. The summed E-state index contributed by atoms with van der Waals surface area (Å²) in [6, 6.07) is 22.1. The quantitative estimate of drug-likeness (QED) is 0.497. The van der Waals surface area contributed by atoms with E-state index >= 15 is 0 Å². The first-order valence-electron chi connectivity index (χ1n) is 9.68. The van der Waals surface area contributed by atoms with Crippen LogP contribution in [0.15, 0.2) is 83.8 Å². The fourth-order valence-corrected chi connectivity index (χ4v) is 3.43. The number of ether oxygens (including phenoxy) is 2. The molecule has 0 bridgehead atoms. The molecule has 0 spiro atoms. The van der Waals surface area contributed by atoms with Gasteiger partial charge in [0.25, 0.3) is 5.91 Å². The number of hydrogen-bond donors (Lipinski definition) is 2. The molecule has 162 valence electrons. The van der Waals surface area contributed by atoms with Crippen LogP contribution in [-0.4, -0.2) is 27.5 Å². The Bertz CT molecular complexity index is 1120. The van der Waals surface area contributed by atoms with Crippen LogP contribution >= 0.6 is 0 Å². The molecule has 1 amide bonds. The third kappa shape index (κ3) is 6.31. The minimum absolute atomic E-state index is 0.0197. The van der Waals surface area contributed by atoms with Gasteiger partial charge in [0, 0.05) is 0 Å². The van der Waals surface area contributed by atoms with Crippen molar-refractivity contribution in [2.75, 3.05) is 13.2 Å². The molecule has 0 fully saturated rings. The summed E-state index contributed by atoms with van der Waals surface area (Å²) in [7, 11) is -3.76. The van der Waals surface area contributed by atoms with Crippen molar-refractivity contribution in [1.29, 1.82) is 0 Å². The molecule has 0 aliphatic heterocycles. The zero-order valence-electron chi connectivity index (χ0n) is 17.0. The lowest BCUT2D eigenvalue weighted by Crippen LogP contribution is -2.27. The van der Waals surface area contributed by atoms with E-state index in [0.29, 0.717) is 17.9 Å². The molecule has 1 atom stereocenters. The smallest absolute Gasteiger partial charge is 0.255 e. The first kappa shape index (κ1) is 22.3. The summed E-state index contributed by atoms with van der Waals surface area (Å²) in [5, 5.41) is 8.02. The molecule has 0 aromatic heterocycles. The number of nitrogens with one attached hydrogen (secondary N) is 1. The van der Waals surface area contributed by atoms with E-state index in [-0.39, 0.29) is 23.5 Å². The van der Waals surface area contributed by atoms with Crippen LogP contribution in [0.3, 0.4) is 0 Å². The number of rotatable bonds is 9. The molecule has 3 rings (SSSR count). The lowest BCUT2D eigenvalue weighted by molar-refractivity contribution is 0.0934. The lowest BCUT2D eigenvalue weighted by Gasteiger charge is -2.17. The van der Waals surface area contributed by atoms with Crippen LogP contribution < -0.4 is 19.9 Å². The molecule has 0 heterocycles. The van der Waals surface area contributed by atoms with Crippen molar-refractivity contribution >= 4 is 15.9 Å². The normalized spacial score (nSPS) is 12.1. The Morgan fingerprint density at radius 3 is 2.19 bits per heavy atom. The first-order valence-corrected chi connectivity index (χ1v) is 11.2. The van der Waals surface area contributed by atoms with Crippen molar-refractivity contribution in [3.63, 3.8) is 0 Å². The fourth-order valence-electron chi connectivity index (χ4n) is 2.91. The van der Waals surface area contributed by atoms with Crippen LogP contribution in [0.2, 0.25) is 0 Å². The van der Waals surface area contributed by atoms with Gasteiger partial charge in [-0.05, 0) is 48.9 Å². The molecular formula is C23H24N2O5S. The van der Waals surface area contributed by atoms with Gasteiger partial charge in [0.2, 0.25) is 10.0 Å². The summed E-state index contributed by atoms with van der Waals surface area (Å²) >= 11 is 0. The maximum Gasteiger partial charge on any atom is 0.255 e. The molecule has 0 radical (unpaired) electrons. The highest BCUT2D eigenvalue weighted by atomic mass is 32.2. The maximum atomic E-state index is 12.8. The molecule has 0 saturated heterocycles. The van der Waals surface area contributed by atoms with Crippen LogP contribution in [0.5, 0.6) is 11.5 Å². The number of amides is 1. The Kier molecular flexibility index (Phi) is 7.28. The number of nitrogens with two attached hydrogens (primary N) is 1. The summed E-state index contributed by atoms with van der Waals surface area (Å²) in [6.45, 7) is 2.43. The zero-order valence-corrected chi connectivity index (χ0v) is 17.8. The number of sulfonamides is 1. The fraction of sp³-hybridized carbons (Fsp3) is 0.174. The molecule has 31 heavy (non-hydrogen) atoms. The number of hydrogen-bond acceptors (Lipinski definition) is 5. The van der Waals surface area contributed by atoms with Gasteiger partial charge >= 0.3 is 0 Å². The van der Waals surface area contributed by atoms with E-state index in [2.05, 4.69) is 5.32 Å². The second kappa shape index (κ2) is 10.1. The first-order chi connectivity index (χ1) is 14.8. The second-order valence-corrected chi connectivity index (χ2v) is 8.38. The molecule has 0 aliphatic rings. The average molecular weight is 441 g/mol. The predicted molar refractivity (Wildman–Crippen MR) is 118 cm³/mol. The van der Waals surface area contributed by atoms with Gasteiger partial charge in [-0.3, -0.25) is 4.79 Å². The monoisotopic (exact) mass is 440 g/mol. The average Bonchev–Trinajstić information content (AvgIpc) is 2.77. The third-order valence-electron chi connectivity index (χ3n) is 4.54. The zero-order chi connectivity index (χ0) is 22.3. The SMILES string of the molecule is C[C@H](NC(=O)c1ccccc1OCCOc1ccccc1)c1ccc(S(N)(=O)=O)cc1. The standard InChI is InChI=1S/C23H24N2O5S/c1-17(18-11-13-20(14-12-18)31(24,27)28)25-23(26)21-9-5-6-10-22(21)30-16-15-29-19-7-3-2-4-8-19/h2-14,17H,15-16H2,1H3,(H,25,26)(H2,24,27,28)/t17-/m0/s1. The molecule has 8 heteroatoms. The van der Waals surface area contributed by atoms with E-state index in [0.717, 1.165) is 11.3 Å². The topological polar surface area (TPSA) is 108 Å². The molecule has 0 aliphatic carbocycles. The largest absolute Gasteiger partial charge is 0.490 e. The molecule has 3 aromatic carbocycles. The van der Waals surface area contributed by atoms with Gasteiger partial charge in [0.05, 0.1) is 16.5 Å². The highest BCUT2D eigenvalue weighted by Gasteiger charge is 2.16. The van der Waals surface area contributed by atoms with Crippen LogP contribution in [-0.2, 0) is 10.0 Å². The Labute approximate surface area is 181 Å². The second-order valence-electron chi connectivity index (χ2n) is 6.82. The summed E-state index contributed by atoms with van der Waals surface area (Å²) in [4.78, 5) is 12.8. The van der Waals surface area contributed by atoms with Gasteiger partial charge < -0.3 is 14.8 Å². The lowest BCUT2D eigenvalue weighted by atomic mass is 10.1. The molecule has 7 nitrogen and oxygen atoms in total. The van der Waals surface area contributed by atoms with E-state index < -0.39 is 10.0 Å². The number of benzene rings is 3. The van der Waals surface area contributed by atoms with Gasteiger partial charge in [-0.15, -0.1) is 0 Å². The number of carbonyl (C=O) groups excluding carboxylic acids is 1. The predicted octanol–water partition coefficient (Wildman–Crippen LogP) is 3.28. The van der Waals surface area contributed by atoms with E-state index in [9.17, 15) is 13.2 Å².